The third-order valence-electron chi connectivity index (χ3n) is 2.04. The van der Waals surface area contributed by atoms with Gasteiger partial charge in [0.15, 0.2) is 11.6 Å². The van der Waals surface area contributed by atoms with Gasteiger partial charge in [0.1, 0.15) is 5.82 Å². The molecule has 0 saturated heterocycles. The highest BCUT2D eigenvalue weighted by Crippen LogP contribution is 2.15. The largest absolute Gasteiger partial charge is 0.393 e. The molecule has 15 heavy (non-hydrogen) atoms. The Balaban J connectivity index is 2.81. The van der Waals surface area contributed by atoms with E-state index in [1.165, 1.54) is 0 Å². The minimum Gasteiger partial charge on any atom is -0.393 e. The zero-order valence-corrected chi connectivity index (χ0v) is 8.01. The summed E-state index contributed by atoms with van der Waals surface area (Å²) in [5, 5.41) is 9.32. The van der Waals surface area contributed by atoms with Crippen LogP contribution in [-0.4, -0.2) is 17.8 Å². The number of halogens is 3. The molecule has 1 atom stereocenters. The average molecular weight is 219 g/mol. The summed E-state index contributed by atoms with van der Waals surface area (Å²) in [6.07, 6.45) is -0.618. The second-order valence-electron chi connectivity index (χ2n) is 3.29. The SMILES string of the molecule is NCC[C@H](O)Cc1cc(F)c(F)cc1F. The van der Waals surface area contributed by atoms with Gasteiger partial charge in [-0.15, -0.1) is 0 Å². The molecule has 3 N–H and O–H groups in total. The van der Waals surface area contributed by atoms with Crippen LogP contribution in [0.15, 0.2) is 12.1 Å². The highest BCUT2D eigenvalue weighted by atomic mass is 19.2. The molecule has 0 spiro atoms. The van der Waals surface area contributed by atoms with E-state index in [1.54, 1.807) is 0 Å². The highest BCUT2D eigenvalue weighted by Gasteiger charge is 2.13. The Labute approximate surface area is 85.5 Å². The maximum atomic E-state index is 13.1. The van der Waals surface area contributed by atoms with Crippen molar-refractivity contribution in [1.82, 2.24) is 0 Å². The van der Waals surface area contributed by atoms with Crippen molar-refractivity contribution in [3.05, 3.63) is 35.1 Å². The Morgan fingerprint density at radius 3 is 2.33 bits per heavy atom. The van der Waals surface area contributed by atoms with E-state index in [1.807, 2.05) is 0 Å². The van der Waals surface area contributed by atoms with E-state index in [9.17, 15) is 18.3 Å². The van der Waals surface area contributed by atoms with Gasteiger partial charge in [0, 0.05) is 12.5 Å². The monoisotopic (exact) mass is 219 g/mol. The summed E-state index contributed by atoms with van der Waals surface area (Å²) >= 11 is 0. The molecule has 0 radical (unpaired) electrons. The molecule has 1 aromatic carbocycles. The summed E-state index contributed by atoms with van der Waals surface area (Å²) in [4.78, 5) is 0. The smallest absolute Gasteiger partial charge is 0.161 e. The molecule has 0 heterocycles. The lowest BCUT2D eigenvalue weighted by atomic mass is 10.0. The second-order valence-corrected chi connectivity index (χ2v) is 3.29. The molecule has 0 unspecified atom stereocenters. The van der Waals surface area contributed by atoms with E-state index < -0.39 is 23.6 Å². The molecule has 0 fully saturated rings. The van der Waals surface area contributed by atoms with Gasteiger partial charge in [-0.25, -0.2) is 13.2 Å². The van der Waals surface area contributed by atoms with Crippen molar-refractivity contribution in [3.63, 3.8) is 0 Å². The summed E-state index contributed by atoms with van der Waals surface area (Å²) in [5.74, 6) is -3.21. The van der Waals surface area contributed by atoms with Gasteiger partial charge in [0.25, 0.3) is 0 Å². The van der Waals surface area contributed by atoms with Crippen LogP contribution in [0.1, 0.15) is 12.0 Å². The van der Waals surface area contributed by atoms with Gasteiger partial charge in [-0.05, 0) is 24.6 Å². The fourth-order valence-corrected chi connectivity index (χ4v) is 1.27. The quantitative estimate of drug-likeness (QED) is 0.751. The van der Waals surface area contributed by atoms with Gasteiger partial charge in [-0.2, -0.15) is 0 Å². The Kier molecular flexibility index (Phi) is 4.11. The topological polar surface area (TPSA) is 46.2 Å². The number of hydrogen-bond acceptors (Lipinski definition) is 2. The van der Waals surface area contributed by atoms with Crippen molar-refractivity contribution in [1.29, 1.82) is 0 Å². The number of aliphatic hydroxyl groups excluding tert-OH is 1. The minimum absolute atomic E-state index is 0.0464. The molecule has 0 bridgehead atoms. The van der Waals surface area contributed by atoms with Crippen molar-refractivity contribution in [3.8, 4) is 0 Å². The first-order chi connectivity index (χ1) is 7.04. The molecule has 84 valence electrons. The van der Waals surface area contributed by atoms with Gasteiger partial charge in [0.05, 0.1) is 6.10 Å². The highest BCUT2D eigenvalue weighted by molar-refractivity contribution is 5.20. The Bertz CT molecular complexity index is 344. The maximum Gasteiger partial charge on any atom is 0.161 e. The van der Waals surface area contributed by atoms with E-state index in [4.69, 9.17) is 5.73 Å². The van der Waals surface area contributed by atoms with Crippen molar-refractivity contribution in [2.45, 2.75) is 18.9 Å². The van der Waals surface area contributed by atoms with Gasteiger partial charge in [-0.3, -0.25) is 0 Å². The van der Waals surface area contributed by atoms with Crippen LogP contribution in [0, 0.1) is 17.5 Å². The predicted octanol–water partition coefficient (Wildman–Crippen LogP) is 1.36. The molecule has 0 amide bonds. The molecule has 0 aliphatic rings. The molecule has 2 nitrogen and oxygen atoms in total. The van der Waals surface area contributed by atoms with E-state index in [2.05, 4.69) is 0 Å². The number of nitrogens with two attached hydrogens (primary N) is 1. The third kappa shape index (κ3) is 3.21. The lowest BCUT2D eigenvalue weighted by Gasteiger charge is -2.10. The summed E-state index contributed by atoms with van der Waals surface area (Å²) < 4.78 is 38.4. The Morgan fingerprint density at radius 2 is 1.73 bits per heavy atom. The van der Waals surface area contributed by atoms with Crippen LogP contribution in [-0.2, 0) is 6.42 Å². The molecular formula is C10H12F3NO. The standard InChI is InChI=1S/C10H12F3NO/c11-8-5-10(13)9(12)4-6(8)3-7(15)1-2-14/h4-5,7,15H,1-3,14H2/t7-/m0/s1. The van der Waals surface area contributed by atoms with Crippen LogP contribution in [0.2, 0.25) is 0 Å². The van der Waals surface area contributed by atoms with Crippen LogP contribution in [0.4, 0.5) is 13.2 Å². The fraction of sp³-hybridized carbons (Fsp3) is 0.400. The number of aliphatic hydroxyl groups is 1. The first kappa shape index (κ1) is 12.0. The average Bonchev–Trinajstić information content (AvgIpc) is 2.14. The summed E-state index contributed by atoms with van der Waals surface area (Å²) in [5.41, 5.74) is 5.14. The zero-order chi connectivity index (χ0) is 11.4. The van der Waals surface area contributed by atoms with Crippen LogP contribution in [0.3, 0.4) is 0 Å². The van der Waals surface area contributed by atoms with Crippen LogP contribution in [0.5, 0.6) is 0 Å². The molecule has 0 aromatic heterocycles. The maximum absolute atomic E-state index is 13.1. The normalized spacial score (nSPS) is 12.9. The van der Waals surface area contributed by atoms with Gasteiger partial charge in [-0.1, -0.05) is 0 Å². The molecule has 0 aliphatic carbocycles. The fourth-order valence-electron chi connectivity index (χ4n) is 1.27. The van der Waals surface area contributed by atoms with Crippen LogP contribution >= 0.6 is 0 Å². The number of rotatable bonds is 4. The number of hydrogen-bond donors (Lipinski definition) is 2. The lowest BCUT2D eigenvalue weighted by molar-refractivity contribution is 0.166. The Morgan fingerprint density at radius 1 is 1.13 bits per heavy atom. The van der Waals surface area contributed by atoms with Gasteiger partial charge in [0.2, 0.25) is 0 Å². The van der Waals surface area contributed by atoms with E-state index in [0.29, 0.717) is 12.5 Å². The van der Waals surface area contributed by atoms with Crippen molar-refractivity contribution >= 4 is 0 Å². The third-order valence-corrected chi connectivity index (χ3v) is 2.04. The summed E-state index contributed by atoms with van der Waals surface area (Å²) in [6, 6.07) is 1.23. The Hall–Kier alpha value is -1.07. The van der Waals surface area contributed by atoms with Crippen molar-refractivity contribution in [2.24, 2.45) is 5.73 Å². The molecule has 0 aliphatic heterocycles. The molecule has 1 aromatic rings. The summed E-state index contributed by atoms with van der Waals surface area (Å²) in [6.45, 7) is 0.256. The zero-order valence-electron chi connectivity index (χ0n) is 8.01. The molecule has 5 heteroatoms. The van der Waals surface area contributed by atoms with E-state index in [0.717, 1.165) is 6.07 Å². The number of benzene rings is 1. The first-order valence-corrected chi connectivity index (χ1v) is 4.56. The lowest BCUT2D eigenvalue weighted by Crippen LogP contribution is -2.16. The summed E-state index contributed by atoms with van der Waals surface area (Å²) in [7, 11) is 0. The first-order valence-electron chi connectivity index (χ1n) is 4.56. The van der Waals surface area contributed by atoms with Crippen LogP contribution in [0.25, 0.3) is 0 Å². The minimum atomic E-state index is -1.23. The molecule has 0 saturated carbocycles. The van der Waals surface area contributed by atoms with Crippen LogP contribution < -0.4 is 5.73 Å². The van der Waals surface area contributed by atoms with Crippen molar-refractivity contribution in [2.75, 3.05) is 6.54 Å². The van der Waals surface area contributed by atoms with E-state index >= 15 is 0 Å². The second kappa shape index (κ2) is 5.14. The molecule has 1 rings (SSSR count). The predicted molar refractivity (Wildman–Crippen MR) is 49.7 cm³/mol. The van der Waals surface area contributed by atoms with Gasteiger partial charge >= 0.3 is 0 Å². The molecular weight excluding hydrogens is 207 g/mol. The van der Waals surface area contributed by atoms with Gasteiger partial charge < -0.3 is 10.8 Å². The van der Waals surface area contributed by atoms with Crippen molar-refractivity contribution < 1.29 is 18.3 Å². The van der Waals surface area contributed by atoms with E-state index in [-0.39, 0.29) is 18.5 Å².